The molecule has 1 aromatic heterocycles. The van der Waals surface area contributed by atoms with E-state index >= 15 is 0 Å². The van der Waals surface area contributed by atoms with Crippen LogP contribution in [-0.2, 0) is 4.79 Å². The van der Waals surface area contributed by atoms with Crippen LogP contribution in [0.15, 0.2) is 28.9 Å². The highest BCUT2D eigenvalue weighted by Gasteiger charge is 2.20. The van der Waals surface area contributed by atoms with Crippen molar-refractivity contribution < 1.29 is 9.42 Å². The number of carbonyl (C=O) groups is 1. The molecule has 0 atom stereocenters. The standard InChI is InChI=1S/C12H12ClN5O2/c1-18(8-4-2-3-7(13)5-8)6-9(19)10(14)11-12(15)17-20-16-11/h2-5,14H,6H2,1H3,(H2,15,17). The summed E-state index contributed by atoms with van der Waals surface area (Å²) in [6, 6.07) is 7.06. The summed E-state index contributed by atoms with van der Waals surface area (Å²) < 4.78 is 4.37. The lowest BCUT2D eigenvalue weighted by Gasteiger charge is -2.18. The first-order valence-corrected chi connectivity index (χ1v) is 6.03. The Morgan fingerprint density at radius 3 is 2.85 bits per heavy atom. The number of hydrogen-bond acceptors (Lipinski definition) is 7. The molecule has 0 aliphatic heterocycles. The molecule has 20 heavy (non-hydrogen) atoms. The molecule has 0 aliphatic rings. The Morgan fingerprint density at radius 1 is 1.50 bits per heavy atom. The van der Waals surface area contributed by atoms with Crippen LogP contribution in [0.25, 0.3) is 0 Å². The van der Waals surface area contributed by atoms with Gasteiger partial charge in [-0.1, -0.05) is 17.7 Å². The van der Waals surface area contributed by atoms with Gasteiger partial charge < -0.3 is 10.6 Å². The number of rotatable bonds is 5. The van der Waals surface area contributed by atoms with Crippen molar-refractivity contribution in [2.45, 2.75) is 0 Å². The van der Waals surface area contributed by atoms with E-state index in [1.807, 2.05) is 6.07 Å². The van der Waals surface area contributed by atoms with E-state index in [2.05, 4.69) is 14.9 Å². The average Bonchev–Trinajstić information content (AvgIpc) is 2.84. The summed E-state index contributed by atoms with van der Waals surface area (Å²) in [5, 5.41) is 15.1. The molecule has 2 rings (SSSR count). The highest BCUT2D eigenvalue weighted by Crippen LogP contribution is 2.18. The van der Waals surface area contributed by atoms with Gasteiger partial charge in [0.2, 0.25) is 5.78 Å². The number of nitrogens with two attached hydrogens (primary N) is 1. The van der Waals surface area contributed by atoms with Gasteiger partial charge in [0, 0.05) is 17.8 Å². The molecule has 3 N–H and O–H groups in total. The summed E-state index contributed by atoms with van der Waals surface area (Å²) in [7, 11) is 1.72. The van der Waals surface area contributed by atoms with Crippen molar-refractivity contribution >= 4 is 34.6 Å². The Labute approximate surface area is 119 Å². The molecule has 0 saturated carbocycles. The van der Waals surface area contributed by atoms with E-state index in [0.717, 1.165) is 5.69 Å². The molecule has 0 bridgehead atoms. The van der Waals surface area contributed by atoms with Gasteiger partial charge in [0.05, 0.1) is 6.54 Å². The first-order chi connectivity index (χ1) is 9.49. The van der Waals surface area contributed by atoms with Crippen molar-refractivity contribution in [2.24, 2.45) is 0 Å². The van der Waals surface area contributed by atoms with E-state index in [9.17, 15) is 4.79 Å². The minimum absolute atomic E-state index is 0.00846. The summed E-state index contributed by atoms with van der Waals surface area (Å²) in [6.45, 7) is -0.00846. The van der Waals surface area contributed by atoms with Crippen molar-refractivity contribution in [3.8, 4) is 0 Å². The van der Waals surface area contributed by atoms with Gasteiger partial charge >= 0.3 is 0 Å². The van der Waals surface area contributed by atoms with Crippen LogP contribution in [-0.4, -0.2) is 35.4 Å². The topological polar surface area (TPSA) is 109 Å². The van der Waals surface area contributed by atoms with Crippen LogP contribution in [0.3, 0.4) is 0 Å². The molecule has 0 unspecified atom stereocenters. The summed E-state index contributed by atoms with van der Waals surface area (Å²) in [5.74, 6) is -0.524. The number of likely N-dealkylation sites (N-methyl/N-ethyl adjacent to an activating group) is 1. The molecule has 2 aromatic rings. The smallest absolute Gasteiger partial charge is 0.202 e. The molecule has 0 aliphatic carbocycles. The van der Waals surface area contributed by atoms with Crippen LogP contribution >= 0.6 is 11.6 Å². The highest BCUT2D eigenvalue weighted by atomic mass is 35.5. The van der Waals surface area contributed by atoms with Gasteiger partial charge in [0.25, 0.3) is 0 Å². The zero-order valence-corrected chi connectivity index (χ0v) is 11.4. The summed E-state index contributed by atoms with van der Waals surface area (Å²) >= 11 is 5.89. The largest absolute Gasteiger partial charge is 0.379 e. The van der Waals surface area contributed by atoms with Gasteiger partial charge in [-0.2, -0.15) is 0 Å². The fourth-order valence-corrected chi connectivity index (χ4v) is 1.78. The number of Topliss-reactive ketones (excluding diaryl/α,β-unsaturated/α-hetero) is 1. The molecule has 8 heteroatoms. The predicted molar refractivity (Wildman–Crippen MR) is 75.3 cm³/mol. The third-order valence-corrected chi connectivity index (χ3v) is 2.89. The van der Waals surface area contributed by atoms with Crippen molar-refractivity contribution in [3.05, 3.63) is 35.0 Å². The first kappa shape index (κ1) is 14.0. The van der Waals surface area contributed by atoms with E-state index in [0.29, 0.717) is 5.02 Å². The molecule has 1 heterocycles. The SMILES string of the molecule is CN(CC(=O)C(=N)c1nonc1N)c1cccc(Cl)c1. The number of nitrogens with one attached hydrogen (secondary N) is 1. The van der Waals surface area contributed by atoms with E-state index in [4.69, 9.17) is 22.7 Å². The fraction of sp³-hybridized carbons (Fsp3) is 0.167. The molecule has 104 valence electrons. The number of halogens is 1. The maximum absolute atomic E-state index is 12.0. The number of aromatic nitrogens is 2. The van der Waals surface area contributed by atoms with E-state index in [-0.39, 0.29) is 23.8 Å². The van der Waals surface area contributed by atoms with Crippen LogP contribution in [0.4, 0.5) is 11.5 Å². The second kappa shape index (κ2) is 5.70. The first-order valence-electron chi connectivity index (χ1n) is 5.66. The predicted octanol–water partition coefficient (Wildman–Crippen LogP) is 1.38. The number of ketones is 1. The second-order valence-electron chi connectivity index (χ2n) is 4.13. The van der Waals surface area contributed by atoms with Crippen molar-refractivity contribution in [3.63, 3.8) is 0 Å². The molecule has 0 amide bonds. The second-order valence-corrected chi connectivity index (χ2v) is 4.57. The quantitative estimate of drug-likeness (QED) is 0.806. The van der Waals surface area contributed by atoms with Gasteiger partial charge in [0.15, 0.2) is 11.5 Å². The Hall–Kier alpha value is -2.41. The summed E-state index contributed by atoms with van der Waals surface area (Å²) in [6.07, 6.45) is 0. The van der Waals surface area contributed by atoms with E-state index < -0.39 is 5.78 Å². The Balaban J connectivity index is 2.08. The van der Waals surface area contributed by atoms with Gasteiger partial charge in [-0.3, -0.25) is 10.2 Å². The fourth-order valence-electron chi connectivity index (χ4n) is 1.60. The Bertz CT molecular complexity index is 655. The third kappa shape index (κ3) is 2.94. The van der Waals surface area contributed by atoms with Gasteiger partial charge in [-0.05, 0) is 28.5 Å². The summed E-state index contributed by atoms with van der Waals surface area (Å²) in [5.41, 5.74) is 5.84. The number of benzene rings is 1. The molecule has 7 nitrogen and oxygen atoms in total. The number of hydrogen-bond donors (Lipinski definition) is 2. The van der Waals surface area contributed by atoms with Crippen molar-refractivity contribution in [1.82, 2.24) is 10.3 Å². The number of carbonyl (C=O) groups excluding carboxylic acids is 1. The Morgan fingerprint density at radius 2 is 2.25 bits per heavy atom. The molecule has 0 fully saturated rings. The van der Waals surface area contributed by atoms with Gasteiger partial charge in [-0.25, -0.2) is 4.63 Å². The molecular weight excluding hydrogens is 282 g/mol. The minimum atomic E-state index is -0.449. The monoisotopic (exact) mass is 293 g/mol. The Kier molecular flexibility index (Phi) is 3.99. The van der Waals surface area contributed by atoms with Gasteiger partial charge in [-0.15, -0.1) is 0 Å². The van der Waals surface area contributed by atoms with Crippen LogP contribution in [0.5, 0.6) is 0 Å². The number of nitrogen functional groups attached to an aromatic ring is 1. The van der Waals surface area contributed by atoms with E-state index in [1.54, 1.807) is 30.1 Å². The maximum atomic E-state index is 12.0. The van der Waals surface area contributed by atoms with Crippen LogP contribution in [0.1, 0.15) is 5.69 Å². The lowest BCUT2D eigenvalue weighted by molar-refractivity contribution is -0.111. The van der Waals surface area contributed by atoms with Crippen LogP contribution in [0, 0.1) is 5.41 Å². The zero-order valence-electron chi connectivity index (χ0n) is 10.6. The molecule has 0 saturated heterocycles. The molecule has 0 radical (unpaired) electrons. The zero-order chi connectivity index (χ0) is 14.7. The average molecular weight is 294 g/mol. The normalized spacial score (nSPS) is 10.3. The highest BCUT2D eigenvalue weighted by molar-refractivity contribution is 6.46. The summed E-state index contributed by atoms with van der Waals surface area (Å²) in [4.78, 5) is 13.7. The third-order valence-electron chi connectivity index (χ3n) is 2.66. The maximum Gasteiger partial charge on any atom is 0.202 e. The number of nitrogens with zero attached hydrogens (tertiary/aromatic N) is 3. The van der Waals surface area contributed by atoms with Crippen LogP contribution in [0.2, 0.25) is 5.02 Å². The lowest BCUT2D eigenvalue weighted by atomic mass is 10.1. The molecule has 0 spiro atoms. The van der Waals surface area contributed by atoms with Gasteiger partial charge in [0.1, 0.15) is 5.71 Å². The van der Waals surface area contributed by atoms with E-state index in [1.165, 1.54) is 0 Å². The van der Waals surface area contributed by atoms with Crippen molar-refractivity contribution in [1.29, 1.82) is 5.41 Å². The van der Waals surface area contributed by atoms with Crippen LogP contribution < -0.4 is 10.6 Å². The van der Waals surface area contributed by atoms with Crippen molar-refractivity contribution in [2.75, 3.05) is 24.2 Å². The molecular formula is C12H12ClN5O2. The number of anilines is 2. The lowest BCUT2D eigenvalue weighted by Crippen LogP contribution is -2.31. The minimum Gasteiger partial charge on any atom is -0.379 e. The molecule has 1 aromatic carbocycles.